The predicted octanol–water partition coefficient (Wildman–Crippen LogP) is 3.29. The first-order valence-electron chi connectivity index (χ1n) is 9.98. The molecule has 1 rings (SSSR count). The number of benzene rings is 1. The van der Waals surface area contributed by atoms with E-state index in [-0.39, 0.29) is 18.0 Å². The topological polar surface area (TPSA) is 91.0 Å². The molecule has 1 amide bonds. The molecule has 4 N–H and O–H groups in total. The third-order valence-corrected chi connectivity index (χ3v) is 5.45. The quantitative estimate of drug-likeness (QED) is 0.115. The van der Waals surface area contributed by atoms with Crippen molar-refractivity contribution in [3.8, 4) is 0 Å². The Hall–Kier alpha value is -1.97. The van der Waals surface area contributed by atoms with E-state index in [1.165, 1.54) is 42.1 Å². The number of carbonyl (C=O) groups is 1. The first-order valence-corrected chi connectivity index (χ1v) is 11.0. The van der Waals surface area contributed by atoms with E-state index in [9.17, 15) is 18.7 Å². The lowest BCUT2D eigenvalue weighted by Crippen LogP contribution is -2.33. The van der Waals surface area contributed by atoms with Gasteiger partial charge in [0.25, 0.3) is 0 Å². The van der Waals surface area contributed by atoms with Crippen molar-refractivity contribution in [1.29, 1.82) is 0 Å². The van der Waals surface area contributed by atoms with Crippen LogP contribution in [0.5, 0.6) is 0 Å². The number of unbranched alkanes of at least 4 members (excludes halogenated alkanes) is 1. The summed E-state index contributed by atoms with van der Waals surface area (Å²) in [6, 6.07) is 7.20. The van der Waals surface area contributed by atoms with E-state index in [0.29, 0.717) is 24.6 Å². The smallest absolute Gasteiger partial charge is 0.302 e. The van der Waals surface area contributed by atoms with E-state index in [1.54, 1.807) is 18.0 Å². The van der Waals surface area contributed by atoms with Crippen LogP contribution in [0.4, 0.5) is 8.78 Å². The van der Waals surface area contributed by atoms with Crippen molar-refractivity contribution in [2.45, 2.75) is 44.6 Å². The zero-order chi connectivity index (χ0) is 22.4. The molecule has 1 atom stereocenters. The predicted molar refractivity (Wildman–Crippen MR) is 119 cm³/mol. The highest BCUT2D eigenvalue weighted by Gasteiger charge is 2.38. The minimum absolute atomic E-state index is 0.0291. The number of alkyl halides is 2. The Morgan fingerprint density at radius 1 is 1.37 bits per heavy atom. The molecule has 0 radical (unpaired) electrons. The largest absolute Gasteiger partial charge is 0.382 e. The number of carbonyl (C=O) groups excluding carboxylic acids is 1. The third-order valence-electron chi connectivity index (χ3n) is 4.38. The van der Waals surface area contributed by atoms with Gasteiger partial charge < -0.3 is 15.4 Å². The van der Waals surface area contributed by atoms with Gasteiger partial charge in [-0.05, 0) is 19.3 Å². The van der Waals surface area contributed by atoms with Gasteiger partial charge >= 0.3 is 5.92 Å². The molecule has 0 fully saturated rings. The maximum absolute atomic E-state index is 14.4. The lowest BCUT2D eigenvalue weighted by Gasteiger charge is -2.23. The monoisotopic (exact) mass is 442 g/mol. The first kappa shape index (κ1) is 26.1. The molecule has 1 unspecified atom stereocenters. The molecular weight excluding hydrogens is 410 g/mol. The lowest BCUT2D eigenvalue weighted by molar-refractivity contribution is -0.130. The van der Waals surface area contributed by atoms with E-state index in [0.717, 1.165) is 24.7 Å². The van der Waals surface area contributed by atoms with E-state index in [4.69, 9.17) is 5.84 Å². The zero-order valence-corrected chi connectivity index (χ0v) is 18.4. The molecule has 6 nitrogen and oxygen atoms in total. The van der Waals surface area contributed by atoms with Gasteiger partial charge in [0, 0.05) is 37.9 Å². The van der Waals surface area contributed by atoms with Gasteiger partial charge in [-0.15, -0.1) is 0 Å². The number of rotatable bonds is 12. The maximum atomic E-state index is 14.4. The highest BCUT2D eigenvalue weighted by Crippen LogP contribution is 2.32. The standard InChI is InChI=1S/C21H32F2N4O2S/c1-3-10-19(29)27(14-7-8-16-30-20(25-2)26-24)15-9-13-18(28)21(22,23)17-11-5-4-6-12-17/h4-6,9,11-13,18,28H,3,7-8,10,14-16,24H2,1-2H3,(H,25,26)/b13-9+. The maximum Gasteiger partial charge on any atom is 0.302 e. The second-order valence-corrected chi connectivity index (χ2v) is 7.76. The molecule has 1 aromatic carbocycles. The van der Waals surface area contributed by atoms with Crippen LogP contribution in [-0.4, -0.2) is 53.1 Å². The SMILES string of the molecule is CCCC(=O)N(C/C=C/C(O)C(F)(F)c1ccccc1)CCCCSC(=NC)NN. The van der Waals surface area contributed by atoms with Gasteiger partial charge in [0.15, 0.2) is 5.17 Å². The molecule has 1 aromatic rings. The van der Waals surface area contributed by atoms with Crippen LogP contribution in [0.3, 0.4) is 0 Å². The van der Waals surface area contributed by atoms with Crippen LogP contribution in [0.1, 0.15) is 38.2 Å². The highest BCUT2D eigenvalue weighted by atomic mass is 32.2. The Morgan fingerprint density at radius 2 is 2.07 bits per heavy atom. The molecule has 0 aliphatic rings. The Kier molecular flexibility index (Phi) is 12.3. The van der Waals surface area contributed by atoms with Gasteiger partial charge in [-0.25, -0.2) is 5.84 Å². The van der Waals surface area contributed by atoms with E-state index < -0.39 is 12.0 Å². The van der Waals surface area contributed by atoms with E-state index in [1.807, 2.05) is 6.92 Å². The molecule has 168 valence electrons. The van der Waals surface area contributed by atoms with Crippen LogP contribution in [0.25, 0.3) is 0 Å². The van der Waals surface area contributed by atoms with Gasteiger partial charge in [0.05, 0.1) is 0 Å². The van der Waals surface area contributed by atoms with Crippen molar-refractivity contribution in [1.82, 2.24) is 10.3 Å². The average molecular weight is 443 g/mol. The van der Waals surface area contributed by atoms with Crippen LogP contribution in [-0.2, 0) is 10.7 Å². The molecule has 0 aliphatic carbocycles. The summed E-state index contributed by atoms with van der Waals surface area (Å²) in [6.07, 6.45) is 3.25. The number of hydrazine groups is 1. The third kappa shape index (κ3) is 8.81. The number of aliphatic hydroxyl groups is 1. The van der Waals surface area contributed by atoms with Gasteiger partial charge in [0.1, 0.15) is 6.10 Å². The Labute approximate surface area is 181 Å². The van der Waals surface area contributed by atoms with Gasteiger partial charge in [-0.3, -0.25) is 9.79 Å². The molecule has 30 heavy (non-hydrogen) atoms. The fraction of sp³-hybridized carbons (Fsp3) is 0.524. The first-order chi connectivity index (χ1) is 14.4. The summed E-state index contributed by atoms with van der Waals surface area (Å²) >= 11 is 1.49. The summed E-state index contributed by atoms with van der Waals surface area (Å²) in [7, 11) is 1.65. The normalized spacial score (nSPS) is 13.5. The lowest BCUT2D eigenvalue weighted by atomic mass is 10.0. The van der Waals surface area contributed by atoms with Crippen LogP contribution < -0.4 is 11.3 Å². The summed E-state index contributed by atoms with van der Waals surface area (Å²) < 4.78 is 28.7. The minimum Gasteiger partial charge on any atom is -0.382 e. The molecule has 0 aliphatic heterocycles. The number of amides is 1. The highest BCUT2D eigenvalue weighted by molar-refractivity contribution is 8.13. The number of thioether (sulfide) groups is 1. The number of hydrogen-bond donors (Lipinski definition) is 3. The van der Waals surface area contributed by atoms with Crippen molar-refractivity contribution in [3.05, 3.63) is 48.0 Å². The summed E-state index contributed by atoms with van der Waals surface area (Å²) in [6.45, 7) is 2.61. The fourth-order valence-electron chi connectivity index (χ4n) is 2.70. The summed E-state index contributed by atoms with van der Waals surface area (Å²) in [5.74, 6) is 2.70. The van der Waals surface area contributed by atoms with Crippen LogP contribution in [0.2, 0.25) is 0 Å². The summed E-state index contributed by atoms with van der Waals surface area (Å²) in [5.41, 5.74) is 2.25. The Balaban J connectivity index is 2.59. The summed E-state index contributed by atoms with van der Waals surface area (Å²) in [4.78, 5) is 17.9. The van der Waals surface area contributed by atoms with E-state index >= 15 is 0 Å². The molecule has 0 aromatic heterocycles. The average Bonchev–Trinajstić information content (AvgIpc) is 2.75. The number of aliphatic imine (C=N–C) groups is 1. The number of nitrogens with one attached hydrogen (secondary N) is 1. The van der Waals surface area contributed by atoms with Crippen molar-refractivity contribution in [2.75, 3.05) is 25.9 Å². The number of aliphatic hydroxyl groups excluding tert-OH is 1. The second kappa shape index (κ2) is 14.1. The van der Waals surface area contributed by atoms with Gasteiger partial charge in [0.2, 0.25) is 5.91 Å². The van der Waals surface area contributed by atoms with Crippen LogP contribution in [0.15, 0.2) is 47.5 Å². The van der Waals surface area contributed by atoms with Gasteiger partial charge in [-0.1, -0.05) is 61.2 Å². The molecular formula is C21H32F2N4O2S. The fourth-order valence-corrected chi connectivity index (χ4v) is 3.46. The molecule has 9 heteroatoms. The molecule has 0 spiro atoms. The van der Waals surface area contributed by atoms with Crippen molar-refractivity contribution < 1.29 is 18.7 Å². The van der Waals surface area contributed by atoms with E-state index in [2.05, 4.69) is 10.4 Å². The van der Waals surface area contributed by atoms with Gasteiger partial charge in [-0.2, -0.15) is 8.78 Å². The second-order valence-electron chi connectivity index (χ2n) is 6.68. The Morgan fingerprint density at radius 3 is 2.67 bits per heavy atom. The van der Waals surface area contributed by atoms with Crippen molar-refractivity contribution in [3.63, 3.8) is 0 Å². The Bertz CT molecular complexity index is 687. The number of nitrogens with two attached hydrogens (primary N) is 1. The summed E-state index contributed by atoms with van der Waals surface area (Å²) in [5, 5.41) is 10.6. The molecule has 0 heterocycles. The zero-order valence-electron chi connectivity index (χ0n) is 17.6. The molecule has 0 saturated carbocycles. The minimum atomic E-state index is -3.40. The number of halogens is 2. The number of amidine groups is 1. The van der Waals surface area contributed by atoms with Crippen LogP contribution >= 0.6 is 11.8 Å². The van der Waals surface area contributed by atoms with Crippen LogP contribution in [0, 0.1) is 0 Å². The molecule has 0 saturated heterocycles. The number of nitrogens with zero attached hydrogens (tertiary/aromatic N) is 2. The van der Waals surface area contributed by atoms with Crippen molar-refractivity contribution >= 4 is 22.8 Å². The number of hydrogen-bond acceptors (Lipinski definition) is 5. The van der Waals surface area contributed by atoms with Crippen molar-refractivity contribution in [2.24, 2.45) is 10.8 Å². The molecule has 0 bridgehead atoms.